The molecule has 32 heavy (non-hydrogen) atoms. The summed E-state index contributed by atoms with van der Waals surface area (Å²) in [4.78, 5) is 50.3. The number of amides is 3. The van der Waals surface area contributed by atoms with Crippen molar-refractivity contribution < 1.29 is 14.4 Å². The second-order valence-corrected chi connectivity index (χ2v) is 8.52. The minimum absolute atomic E-state index is 0.182. The Morgan fingerprint density at radius 2 is 1.72 bits per heavy atom. The average molecular weight is 443 g/mol. The van der Waals surface area contributed by atoms with Crippen LogP contribution in [-0.4, -0.2) is 39.1 Å². The molecular weight excluding hydrogens is 424 g/mol. The van der Waals surface area contributed by atoms with E-state index in [0.717, 1.165) is 20.7 Å². The monoisotopic (exact) mass is 442 g/mol. The normalized spacial score (nSPS) is 13.0. The molecule has 5 rings (SSSR count). The number of aryl methyl sites for hydroxylation is 1. The maximum Gasteiger partial charge on any atom is 0.262 e. The van der Waals surface area contributed by atoms with Crippen LogP contribution in [0.3, 0.4) is 0 Å². The molecule has 7 nitrogen and oxygen atoms in total. The summed E-state index contributed by atoms with van der Waals surface area (Å²) in [5.41, 5.74) is 3.20. The highest BCUT2D eigenvalue weighted by molar-refractivity contribution is 7.22. The van der Waals surface area contributed by atoms with Crippen molar-refractivity contribution in [2.45, 2.75) is 13.5 Å². The third-order valence-electron chi connectivity index (χ3n) is 5.28. The van der Waals surface area contributed by atoms with Gasteiger partial charge in [-0.05, 0) is 48.9 Å². The van der Waals surface area contributed by atoms with E-state index in [1.807, 2.05) is 37.3 Å². The second-order valence-electron chi connectivity index (χ2n) is 7.51. The van der Waals surface area contributed by atoms with Crippen molar-refractivity contribution in [2.75, 3.05) is 11.4 Å². The van der Waals surface area contributed by atoms with E-state index in [9.17, 15) is 14.4 Å². The maximum absolute atomic E-state index is 13.4. The van der Waals surface area contributed by atoms with E-state index < -0.39 is 17.7 Å². The highest BCUT2D eigenvalue weighted by Crippen LogP contribution is 2.31. The van der Waals surface area contributed by atoms with Gasteiger partial charge in [-0.25, -0.2) is 4.98 Å². The molecule has 3 heterocycles. The van der Waals surface area contributed by atoms with Gasteiger partial charge in [0.05, 0.1) is 33.6 Å². The maximum atomic E-state index is 13.4. The average Bonchev–Trinajstić information content (AvgIpc) is 3.32. The van der Waals surface area contributed by atoms with Gasteiger partial charge in [0.15, 0.2) is 5.13 Å². The number of anilines is 1. The summed E-state index contributed by atoms with van der Waals surface area (Å²) in [6.45, 7) is 1.81. The van der Waals surface area contributed by atoms with Crippen LogP contribution in [0.4, 0.5) is 5.13 Å². The highest BCUT2D eigenvalue weighted by atomic mass is 32.1. The topological polar surface area (TPSA) is 83.5 Å². The second kappa shape index (κ2) is 7.97. The van der Waals surface area contributed by atoms with E-state index in [2.05, 4.69) is 9.97 Å². The van der Waals surface area contributed by atoms with Crippen molar-refractivity contribution in [2.24, 2.45) is 0 Å². The van der Waals surface area contributed by atoms with E-state index in [0.29, 0.717) is 22.0 Å². The molecule has 4 aromatic rings. The summed E-state index contributed by atoms with van der Waals surface area (Å²) in [5.74, 6) is -1.32. The van der Waals surface area contributed by atoms with E-state index in [1.54, 1.807) is 36.5 Å². The lowest BCUT2D eigenvalue weighted by Gasteiger charge is -2.22. The predicted molar refractivity (Wildman–Crippen MR) is 122 cm³/mol. The SMILES string of the molecule is Cc1ccc2nc(N(Cc3ccccn3)C(=O)CN3C(=O)c4ccccc4C3=O)sc2c1. The zero-order valence-electron chi connectivity index (χ0n) is 17.2. The molecule has 0 spiro atoms. The molecule has 3 amide bonds. The number of carbonyl (C=O) groups is 3. The van der Waals surface area contributed by atoms with Crippen LogP contribution in [0.2, 0.25) is 0 Å². The Hall–Kier alpha value is -3.91. The quantitative estimate of drug-likeness (QED) is 0.439. The third-order valence-corrected chi connectivity index (χ3v) is 6.32. The van der Waals surface area contributed by atoms with Crippen molar-refractivity contribution in [3.05, 3.63) is 89.2 Å². The zero-order valence-corrected chi connectivity index (χ0v) is 18.0. The minimum Gasteiger partial charge on any atom is -0.280 e. The van der Waals surface area contributed by atoms with Gasteiger partial charge < -0.3 is 0 Å². The van der Waals surface area contributed by atoms with Crippen molar-refractivity contribution in [3.8, 4) is 0 Å². The molecule has 0 aliphatic carbocycles. The van der Waals surface area contributed by atoms with Gasteiger partial charge in [0, 0.05) is 6.20 Å². The number of aromatic nitrogens is 2. The minimum atomic E-state index is -0.461. The molecule has 1 aliphatic heterocycles. The molecule has 2 aromatic heterocycles. The van der Waals surface area contributed by atoms with Gasteiger partial charge >= 0.3 is 0 Å². The lowest BCUT2D eigenvalue weighted by Crippen LogP contribution is -2.42. The summed E-state index contributed by atoms with van der Waals surface area (Å²) in [5, 5.41) is 0.498. The molecule has 0 unspecified atom stereocenters. The molecule has 2 aromatic carbocycles. The summed E-state index contributed by atoms with van der Waals surface area (Å²) in [7, 11) is 0. The number of pyridine rings is 1. The Kier molecular flexibility index (Phi) is 4.99. The Balaban J connectivity index is 1.48. The van der Waals surface area contributed by atoms with Crippen LogP contribution in [0, 0.1) is 6.92 Å². The molecule has 0 fully saturated rings. The van der Waals surface area contributed by atoms with Gasteiger partial charge in [-0.3, -0.25) is 29.2 Å². The number of hydrogen-bond acceptors (Lipinski definition) is 6. The van der Waals surface area contributed by atoms with Crippen LogP contribution in [0.25, 0.3) is 10.2 Å². The number of benzene rings is 2. The van der Waals surface area contributed by atoms with Gasteiger partial charge in [0.2, 0.25) is 5.91 Å². The first-order valence-electron chi connectivity index (χ1n) is 10.0. The number of hydrogen-bond donors (Lipinski definition) is 0. The van der Waals surface area contributed by atoms with Gasteiger partial charge in [-0.15, -0.1) is 0 Å². The van der Waals surface area contributed by atoms with E-state index in [4.69, 9.17) is 0 Å². The van der Waals surface area contributed by atoms with Gasteiger partial charge in [-0.2, -0.15) is 0 Å². The molecule has 0 N–H and O–H groups in total. The lowest BCUT2D eigenvalue weighted by atomic mass is 10.1. The van der Waals surface area contributed by atoms with Gasteiger partial charge in [0.25, 0.3) is 11.8 Å². The molecule has 0 saturated carbocycles. The largest absolute Gasteiger partial charge is 0.280 e. The van der Waals surface area contributed by atoms with Crippen molar-refractivity contribution in [3.63, 3.8) is 0 Å². The van der Waals surface area contributed by atoms with Gasteiger partial charge in [0.1, 0.15) is 6.54 Å². The first kappa shape index (κ1) is 20.0. The van der Waals surface area contributed by atoms with Crippen LogP contribution >= 0.6 is 11.3 Å². The standard InChI is InChI=1S/C24H18N4O3S/c1-15-9-10-19-20(12-15)32-24(26-19)27(13-16-6-4-5-11-25-16)21(29)14-28-22(30)17-7-2-3-8-18(17)23(28)31/h2-12H,13-14H2,1H3. The number of fused-ring (bicyclic) bond motifs is 2. The number of rotatable bonds is 5. The highest BCUT2D eigenvalue weighted by Gasteiger charge is 2.37. The number of imide groups is 1. The molecule has 8 heteroatoms. The van der Waals surface area contributed by atoms with Crippen molar-refractivity contribution in [1.29, 1.82) is 0 Å². The van der Waals surface area contributed by atoms with E-state index >= 15 is 0 Å². The Labute approximate surface area is 187 Å². The number of carbonyl (C=O) groups excluding carboxylic acids is 3. The van der Waals surface area contributed by atoms with E-state index in [1.165, 1.54) is 16.2 Å². The first-order chi connectivity index (χ1) is 15.5. The zero-order chi connectivity index (χ0) is 22.2. The van der Waals surface area contributed by atoms with E-state index in [-0.39, 0.29) is 13.1 Å². The molecule has 0 radical (unpaired) electrons. The fourth-order valence-corrected chi connectivity index (χ4v) is 4.73. The molecule has 158 valence electrons. The Morgan fingerprint density at radius 1 is 1.00 bits per heavy atom. The molecule has 0 bridgehead atoms. The van der Waals surface area contributed by atoms with Crippen LogP contribution in [-0.2, 0) is 11.3 Å². The first-order valence-corrected chi connectivity index (χ1v) is 10.9. The summed E-state index contributed by atoms with van der Waals surface area (Å²) < 4.78 is 0.958. The van der Waals surface area contributed by atoms with Crippen LogP contribution in [0.1, 0.15) is 32.0 Å². The summed E-state index contributed by atoms with van der Waals surface area (Å²) in [6, 6.07) is 18.0. The summed E-state index contributed by atoms with van der Waals surface area (Å²) >= 11 is 1.39. The number of nitrogens with zero attached hydrogens (tertiary/aromatic N) is 4. The fraction of sp³-hybridized carbons (Fsp3) is 0.125. The summed E-state index contributed by atoms with van der Waals surface area (Å²) in [6.07, 6.45) is 1.66. The third kappa shape index (κ3) is 3.54. The lowest BCUT2D eigenvalue weighted by molar-refractivity contribution is -0.119. The Morgan fingerprint density at radius 3 is 2.41 bits per heavy atom. The smallest absolute Gasteiger partial charge is 0.262 e. The number of thiazole rings is 1. The van der Waals surface area contributed by atoms with Crippen LogP contribution < -0.4 is 4.90 Å². The molecule has 0 atom stereocenters. The molecular formula is C24H18N4O3S. The molecule has 1 aliphatic rings. The van der Waals surface area contributed by atoms with Crippen LogP contribution in [0.5, 0.6) is 0 Å². The molecule has 0 saturated heterocycles. The predicted octanol–water partition coefficient (Wildman–Crippen LogP) is 3.83. The fourth-order valence-electron chi connectivity index (χ4n) is 3.65. The van der Waals surface area contributed by atoms with Crippen LogP contribution in [0.15, 0.2) is 66.9 Å². The van der Waals surface area contributed by atoms with Crippen molar-refractivity contribution >= 4 is 44.4 Å². The van der Waals surface area contributed by atoms with Crippen molar-refractivity contribution in [1.82, 2.24) is 14.9 Å². The van der Waals surface area contributed by atoms with Gasteiger partial charge in [-0.1, -0.05) is 35.6 Å². The Bertz CT molecular complexity index is 1330.